The third-order valence-electron chi connectivity index (χ3n) is 3.00. The van der Waals surface area contributed by atoms with Crippen LogP contribution < -0.4 is 5.32 Å². The summed E-state index contributed by atoms with van der Waals surface area (Å²) in [4.78, 5) is 4.55. The molecule has 0 unspecified atom stereocenters. The van der Waals surface area contributed by atoms with Crippen LogP contribution in [0.15, 0.2) is 6.20 Å². The summed E-state index contributed by atoms with van der Waals surface area (Å²) in [5.41, 5.74) is 1.10. The van der Waals surface area contributed by atoms with Gasteiger partial charge in [0.1, 0.15) is 0 Å². The van der Waals surface area contributed by atoms with Crippen molar-refractivity contribution in [3.8, 4) is 0 Å². The Labute approximate surface area is 99.3 Å². The first-order valence-electron chi connectivity index (χ1n) is 6.52. The smallest absolute Gasteiger partial charge is 0.203 e. The maximum absolute atomic E-state index is 4.55. The topological polar surface area (TPSA) is 29.9 Å². The lowest BCUT2D eigenvalue weighted by molar-refractivity contribution is 0.475. The van der Waals surface area contributed by atoms with Crippen LogP contribution in [-0.2, 0) is 0 Å². The van der Waals surface area contributed by atoms with Crippen molar-refractivity contribution in [1.82, 2.24) is 9.55 Å². The predicted octanol–water partition coefficient (Wildman–Crippen LogP) is 3.76. The highest BCUT2D eigenvalue weighted by atomic mass is 15.2. The molecule has 0 bridgehead atoms. The number of nitrogens with zero attached hydrogens (tertiary/aromatic N) is 2. The normalized spacial score (nSPS) is 11.1. The molecule has 1 rings (SSSR count). The Balaban J connectivity index is 2.74. The third kappa shape index (κ3) is 3.26. The summed E-state index contributed by atoms with van der Waals surface area (Å²) in [6.45, 7) is 9.76. The van der Waals surface area contributed by atoms with Gasteiger partial charge in [0.15, 0.2) is 0 Å². The molecule has 1 aromatic rings. The quantitative estimate of drug-likeness (QED) is 0.713. The van der Waals surface area contributed by atoms with Crippen LogP contribution in [0.5, 0.6) is 0 Å². The van der Waals surface area contributed by atoms with E-state index in [1.54, 1.807) is 0 Å². The minimum absolute atomic E-state index is 0.574. The molecule has 3 heteroatoms. The van der Waals surface area contributed by atoms with Crippen molar-refractivity contribution in [2.45, 2.75) is 59.4 Å². The highest BCUT2D eigenvalue weighted by Gasteiger charge is 2.12. The van der Waals surface area contributed by atoms with Crippen LogP contribution in [0.2, 0.25) is 0 Å². The molecular weight excluding hydrogens is 198 g/mol. The van der Waals surface area contributed by atoms with Crippen LogP contribution in [-0.4, -0.2) is 16.1 Å². The van der Waals surface area contributed by atoms with Crippen LogP contribution in [0.1, 0.15) is 58.2 Å². The molecule has 1 aromatic heterocycles. The molecule has 92 valence electrons. The van der Waals surface area contributed by atoms with Gasteiger partial charge in [-0.05, 0) is 26.2 Å². The number of anilines is 1. The van der Waals surface area contributed by atoms with Gasteiger partial charge >= 0.3 is 0 Å². The van der Waals surface area contributed by atoms with E-state index in [0.29, 0.717) is 6.04 Å². The maximum atomic E-state index is 4.55. The molecular formula is C13H25N3. The lowest BCUT2D eigenvalue weighted by Crippen LogP contribution is -2.12. The Morgan fingerprint density at radius 1 is 1.31 bits per heavy atom. The van der Waals surface area contributed by atoms with Crippen molar-refractivity contribution in [3.63, 3.8) is 0 Å². The van der Waals surface area contributed by atoms with Crippen LogP contribution in [0, 0.1) is 6.92 Å². The molecule has 0 atom stereocenters. The van der Waals surface area contributed by atoms with Crippen LogP contribution in [0.3, 0.4) is 0 Å². The highest BCUT2D eigenvalue weighted by Crippen LogP contribution is 2.21. The van der Waals surface area contributed by atoms with Gasteiger partial charge in [-0.3, -0.25) is 0 Å². The van der Waals surface area contributed by atoms with Crippen molar-refractivity contribution < 1.29 is 0 Å². The number of rotatable bonds is 7. The van der Waals surface area contributed by atoms with Crippen LogP contribution >= 0.6 is 0 Å². The second-order valence-corrected chi connectivity index (χ2v) is 4.36. The SMILES string of the molecule is CCCCNc1nc(C)cn1C(CC)CC. The molecule has 0 aromatic carbocycles. The summed E-state index contributed by atoms with van der Waals surface area (Å²) in [6.07, 6.45) is 6.90. The van der Waals surface area contributed by atoms with Crippen molar-refractivity contribution in [2.75, 3.05) is 11.9 Å². The molecule has 0 aliphatic heterocycles. The molecule has 0 fully saturated rings. The fraction of sp³-hybridized carbons (Fsp3) is 0.769. The van der Waals surface area contributed by atoms with Gasteiger partial charge in [0.25, 0.3) is 0 Å². The van der Waals surface area contributed by atoms with Gasteiger partial charge in [0, 0.05) is 18.8 Å². The molecule has 16 heavy (non-hydrogen) atoms. The van der Waals surface area contributed by atoms with Gasteiger partial charge in [0.2, 0.25) is 5.95 Å². The average molecular weight is 223 g/mol. The first kappa shape index (κ1) is 13.1. The lowest BCUT2D eigenvalue weighted by Gasteiger charge is -2.17. The molecule has 0 saturated heterocycles. The molecule has 1 heterocycles. The zero-order valence-electron chi connectivity index (χ0n) is 11.1. The maximum Gasteiger partial charge on any atom is 0.203 e. The molecule has 0 spiro atoms. The van der Waals surface area contributed by atoms with Crippen molar-refractivity contribution in [2.24, 2.45) is 0 Å². The standard InChI is InChI=1S/C13H25N3/c1-5-8-9-14-13-15-11(4)10-16(13)12(6-2)7-3/h10,12H,5-9H2,1-4H3,(H,14,15). The van der Waals surface area contributed by atoms with E-state index in [0.717, 1.165) is 31.0 Å². The van der Waals surface area contributed by atoms with Crippen molar-refractivity contribution in [1.29, 1.82) is 0 Å². The van der Waals surface area contributed by atoms with E-state index in [2.05, 4.69) is 48.8 Å². The zero-order valence-corrected chi connectivity index (χ0v) is 11.1. The molecule has 0 aliphatic rings. The first-order chi connectivity index (χ1) is 7.72. The minimum Gasteiger partial charge on any atom is -0.356 e. The van der Waals surface area contributed by atoms with Gasteiger partial charge < -0.3 is 9.88 Å². The van der Waals surface area contributed by atoms with E-state index >= 15 is 0 Å². The van der Waals surface area contributed by atoms with Gasteiger partial charge in [-0.15, -0.1) is 0 Å². The zero-order chi connectivity index (χ0) is 12.0. The van der Waals surface area contributed by atoms with E-state index in [-0.39, 0.29) is 0 Å². The van der Waals surface area contributed by atoms with Crippen LogP contribution in [0.4, 0.5) is 5.95 Å². The summed E-state index contributed by atoms with van der Waals surface area (Å²) in [6, 6.07) is 0.574. The summed E-state index contributed by atoms with van der Waals surface area (Å²) >= 11 is 0. The Bertz CT molecular complexity index is 300. The molecule has 0 radical (unpaired) electrons. The van der Waals surface area contributed by atoms with E-state index in [1.807, 2.05) is 0 Å². The fourth-order valence-electron chi connectivity index (χ4n) is 1.98. The van der Waals surface area contributed by atoms with Gasteiger partial charge in [0.05, 0.1) is 5.69 Å². The summed E-state index contributed by atoms with van der Waals surface area (Å²) in [5.74, 6) is 1.04. The van der Waals surface area contributed by atoms with E-state index in [1.165, 1.54) is 12.8 Å². The molecule has 3 nitrogen and oxygen atoms in total. The Hall–Kier alpha value is -0.990. The Kier molecular flexibility index (Phi) is 5.36. The summed E-state index contributed by atoms with van der Waals surface area (Å²) in [5, 5.41) is 3.44. The number of aryl methyl sites for hydroxylation is 1. The van der Waals surface area contributed by atoms with E-state index in [4.69, 9.17) is 0 Å². The number of aromatic nitrogens is 2. The average Bonchev–Trinajstić information content (AvgIpc) is 2.62. The fourth-order valence-corrected chi connectivity index (χ4v) is 1.98. The van der Waals surface area contributed by atoms with Gasteiger partial charge in [-0.1, -0.05) is 27.2 Å². The Morgan fingerprint density at radius 3 is 2.56 bits per heavy atom. The summed E-state index contributed by atoms with van der Waals surface area (Å²) in [7, 11) is 0. The number of unbranched alkanes of at least 4 members (excludes halogenated alkanes) is 1. The predicted molar refractivity (Wildman–Crippen MR) is 70.0 cm³/mol. The highest BCUT2D eigenvalue weighted by molar-refractivity contribution is 5.29. The first-order valence-corrected chi connectivity index (χ1v) is 6.52. The molecule has 0 saturated carbocycles. The van der Waals surface area contributed by atoms with Crippen molar-refractivity contribution >= 4 is 5.95 Å². The largest absolute Gasteiger partial charge is 0.356 e. The lowest BCUT2D eigenvalue weighted by atomic mass is 10.2. The number of nitrogens with one attached hydrogen (secondary N) is 1. The number of imidazole rings is 1. The van der Waals surface area contributed by atoms with Gasteiger partial charge in [-0.25, -0.2) is 4.98 Å². The molecule has 1 N–H and O–H groups in total. The Morgan fingerprint density at radius 2 is 2.00 bits per heavy atom. The molecule has 0 aliphatic carbocycles. The second kappa shape index (κ2) is 6.56. The molecule has 0 amide bonds. The summed E-state index contributed by atoms with van der Waals surface area (Å²) < 4.78 is 2.30. The van der Waals surface area contributed by atoms with Crippen LogP contribution in [0.25, 0.3) is 0 Å². The monoisotopic (exact) mass is 223 g/mol. The number of hydrogen-bond donors (Lipinski definition) is 1. The third-order valence-corrected chi connectivity index (χ3v) is 3.00. The minimum atomic E-state index is 0.574. The second-order valence-electron chi connectivity index (χ2n) is 4.36. The van der Waals surface area contributed by atoms with E-state index < -0.39 is 0 Å². The van der Waals surface area contributed by atoms with Crippen molar-refractivity contribution in [3.05, 3.63) is 11.9 Å². The van der Waals surface area contributed by atoms with Gasteiger partial charge in [-0.2, -0.15) is 0 Å². The van der Waals surface area contributed by atoms with E-state index in [9.17, 15) is 0 Å². The number of hydrogen-bond acceptors (Lipinski definition) is 2.